The summed E-state index contributed by atoms with van der Waals surface area (Å²) in [5.41, 5.74) is 15.7. The Morgan fingerprint density at radius 2 is 1.42 bits per heavy atom. The van der Waals surface area contributed by atoms with Crippen molar-refractivity contribution >= 4 is 28.6 Å². The predicted octanol–water partition coefficient (Wildman–Crippen LogP) is 5.95. The average molecular weight is 436 g/mol. The topological polar surface area (TPSA) is 102 Å². The fourth-order valence-corrected chi connectivity index (χ4v) is 3.37. The number of aromatic nitrogens is 2. The number of hydrogen-bond acceptors (Lipinski definition) is 5. The molecule has 0 atom stereocenters. The van der Waals surface area contributed by atoms with E-state index in [-0.39, 0.29) is 5.82 Å². The van der Waals surface area contributed by atoms with E-state index in [1.165, 1.54) is 12.3 Å². The second-order valence-electron chi connectivity index (χ2n) is 7.28. The lowest BCUT2D eigenvalue weighted by Crippen LogP contribution is -1.99. The van der Waals surface area contributed by atoms with Gasteiger partial charge in [0.15, 0.2) is 5.82 Å². The fourth-order valence-electron chi connectivity index (χ4n) is 3.37. The largest absolute Gasteiger partial charge is 0.398 e. The van der Waals surface area contributed by atoms with E-state index in [9.17, 15) is 4.39 Å². The number of rotatable bonds is 3. The lowest BCUT2D eigenvalue weighted by atomic mass is 10.0. The standard InChI is InChI=1S/C20H14FN3.C7H8N2/c21-17-12-14(13-6-2-1-3-7-13)10-11-15(17)20-23-18-9-5-4-8-16(18)19(22)24-20;8-5-6-3-1-2-4-7(6)9/h1-12H,(H2,22,23,24);1-5,8H,9H2. The van der Waals surface area contributed by atoms with E-state index in [1.807, 2.05) is 78.9 Å². The number of para-hydroxylation sites is 2. The molecule has 0 aliphatic rings. The Labute approximate surface area is 191 Å². The van der Waals surface area contributed by atoms with Crippen molar-refractivity contribution in [3.63, 3.8) is 0 Å². The molecule has 5 N–H and O–H groups in total. The maximum atomic E-state index is 14.6. The van der Waals surface area contributed by atoms with Gasteiger partial charge in [-0.15, -0.1) is 0 Å². The molecule has 162 valence electrons. The second kappa shape index (κ2) is 9.70. The summed E-state index contributed by atoms with van der Waals surface area (Å²) in [5.74, 6) is 0.275. The lowest BCUT2D eigenvalue weighted by molar-refractivity contribution is 0.630. The predicted molar refractivity (Wildman–Crippen MR) is 134 cm³/mol. The Kier molecular flexibility index (Phi) is 6.36. The summed E-state index contributed by atoms with van der Waals surface area (Å²) in [4.78, 5) is 8.70. The van der Waals surface area contributed by atoms with Gasteiger partial charge in [0, 0.05) is 22.9 Å². The first-order valence-corrected chi connectivity index (χ1v) is 10.3. The monoisotopic (exact) mass is 435 g/mol. The SMILES string of the molecule is N=Cc1ccccc1N.Nc1nc(-c2ccc(-c3ccccc3)cc2F)nc2ccccc12. The minimum atomic E-state index is -0.369. The summed E-state index contributed by atoms with van der Waals surface area (Å²) in [7, 11) is 0. The molecular weight excluding hydrogens is 413 g/mol. The van der Waals surface area contributed by atoms with Gasteiger partial charge >= 0.3 is 0 Å². The van der Waals surface area contributed by atoms with Crippen molar-refractivity contribution in [1.82, 2.24) is 9.97 Å². The zero-order valence-electron chi connectivity index (χ0n) is 17.7. The highest BCUT2D eigenvalue weighted by Crippen LogP contribution is 2.28. The Balaban J connectivity index is 0.000000243. The second-order valence-corrected chi connectivity index (χ2v) is 7.28. The van der Waals surface area contributed by atoms with Gasteiger partial charge in [0.1, 0.15) is 11.6 Å². The van der Waals surface area contributed by atoms with E-state index in [2.05, 4.69) is 9.97 Å². The first kappa shape index (κ1) is 21.6. The molecule has 5 aromatic rings. The van der Waals surface area contributed by atoms with E-state index < -0.39 is 0 Å². The number of nitrogens with one attached hydrogen (secondary N) is 1. The molecule has 0 fully saturated rings. The molecule has 0 bridgehead atoms. The lowest BCUT2D eigenvalue weighted by Gasteiger charge is -2.08. The zero-order valence-corrected chi connectivity index (χ0v) is 17.7. The summed E-state index contributed by atoms with van der Waals surface area (Å²) in [6, 6.07) is 29.5. The quantitative estimate of drug-likeness (QED) is 0.241. The minimum Gasteiger partial charge on any atom is -0.398 e. The van der Waals surface area contributed by atoms with Gasteiger partial charge in [-0.05, 0) is 41.5 Å². The molecule has 1 heterocycles. The molecule has 0 aliphatic heterocycles. The van der Waals surface area contributed by atoms with Crippen LogP contribution < -0.4 is 11.5 Å². The molecular formula is C27H22FN5. The third-order valence-electron chi connectivity index (χ3n) is 5.10. The van der Waals surface area contributed by atoms with Gasteiger partial charge in [-0.3, -0.25) is 0 Å². The van der Waals surface area contributed by atoms with Crippen LogP contribution in [0, 0.1) is 11.2 Å². The van der Waals surface area contributed by atoms with Crippen LogP contribution in [0.1, 0.15) is 5.56 Å². The van der Waals surface area contributed by atoms with Crippen molar-refractivity contribution in [2.24, 2.45) is 0 Å². The van der Waals surface area contributed by atoms with Crippen LogP contribution >= 0.6 is 0 Å². The van der Waals surface area contributed by atoms with Crippen LogP contribution in [0.5, 0.6) is 0 Å². The highest BCUT2D eigenvalue weighted by atomic mass is 19.1. The summed E-state index contributed by atoms with van der Waals surface area (Å²) in [6.07, 6.45) is 1.25. The highest BCUT2D eigenvalue weighted by Gasteiger charge is 2.12. The van der Waals surface area contributed by atoms with E-state index in [4.69, 9.17) is 16.9 Å². The molecule has 5 nitrogen and oxygen atoms in total. The van der Waals surface area contributed by atoms with Crippen LogP contribution in [0.25, 0.3) is 33.4 Å². The number of nitrogens with two attached hydrogens (primary N) is 2. The molecule has 5 rings (SSSR count). The number of halogens is 1. The maximum Gasteiger partial charge on any atom is 0.165 e. The van der Waals surface area contributed by atoms with Crippen molar-refractivity contribution < 1.29 is 4.39 Å². The third-order valence-corrected chi connectivity index (χ3v) is 5.10. The van der Waals surface area contributed by atoms with Crippen molar-refractivity contribution in [3.8, 4) is 22.5 Å². The molecule has 0 radical (unpaired) electrons. The summed E-state index contributed by atoms with van der Waals surface area (Å²) in [6.45, 7) is 0. The van der Waals surface area contributed by atoms with Crippen LogP contribution in [0.15, 0.2) is 97.1 Å². The van der Waals surface area contributed by atoms with E-state index in [0.717, 1.165) is 22.1 Å². The van der Waals surface area contributed by atoms with E-state index >= 15 is 0 Å². The van der Waals surface area contributed by atoms with Crippen LogP contribution in [0.4, 0.5) is 15.9 Å². The number of benzene rings is 4. The summed E-state index contributed by atoms with van der Waals surface area (Å²) in [5, 5.41) is 7.65. The molecule has 0 aliphatic carbocycles. The van der Waals surface area contributed by atoms with Crippen LogP contribution in [0.2, 0.25) is 0 Å². The third kappa shape index (κ3) is 4.85. The zero-order chi connectivity index (χ0) is 23.2. The first-order valence-electron chi connectivity index (χ1n) is 10.3. The van der Waals surface area contributed by atoms with Gasteiger partial charge in [-0.2, -0.15) is 0 Å². The smallest absolute Gasteiger partial charge is 0.165 e. The van der Waals surface area contributed by atoms with E-state index in [1.54, 1.807) is 12.1 Å². The van der Waals surface area contributed by atoms with Crippen LogP contribution in [0.3, 0.4) is 0 Å². The van der Waals surface area contributed by atoms with Gasteiger partial charge < -0.3 is 16.9 Å². The maximum absolute atomic E-state index is 14.6. The normalized spacial score (nSPS) is 10.3. The molecule has 0 spiro atoms. The Morgan fingerprint density at radius 1 is 0.727 bits per heavy atom. The summed E-state index contributed by atoms with van der Waals surface area (Å²) < 4.78 is 14.6. The van der Waals surface area contributed by atoms with E-state index in [0.29, 0.717) is 28.4 Å². The minimum absolute atomic E-state index is 0.295. The fraction of sp³-hybridized carbons (Fsp3) is 0. The van der Waals surface area contributed by atoms with Crippen molar-refractivity contribution in [3.05, 3.63) is 108 Å². The van der Waals surface area contributed by atoms with Crippen molar-refractivity contribution in [1.29, 1.82) is 5.41 Å². The van der Waals surface area contributed by atoms with Crippen LogP contribution in [-0.2, 0) is 0 Å². The Morgan fingerprint density at radius 3 is 2.12 bits per heavy atom. The Bertz CT molecular complexity index is 1420. The number of anilines is 2. The van der Waals surface area contributed by atoms with Gasteiger partial charge in [0.05, 0.1) is 11.1 Å². The number of hydrogen-bond donors (Lipinski definition) is 3. The van der Waals surface area contributed by atoms with Gasteiger partial charge in [0.2, 0.25) is 0 Å². The number of nitrogen functional groups attached to an aromatic ring is 2. The molecule has 0 unspecified atom stereocenters. The van der Waals surface area contributed by atoms with Gasteiger partial charge in [-0.1, -0.05) is 66.7 Å². The molecule has 4 aromatic carbocycles. The molecule has 0 amide bonds. The summed E-state index contributed by atoms with van der Waals surface area (Å²) >= 11 is 0. The first-order chi connectivity index (χ1) is 16.1. The molecule has 1 aromatic heterocycles. The number of fused-ring (bicyclic) bond motifs is 1. The Hall–Kier alpha value is -4.58. The molecule has 33 heavy (non-hydrogen) atoms. The van der Waals surface area contributed by atoms with Crippen LogP contribution in [-0.4, -0.2) is 16.2 Å². The molecule has 0 saturated carbocycles. The highest BCUT2D eigenvalue weighted by molar-refractivity contribution is 5.89. The van der Waals surface area contributed by atoms with Gasteiger partial charge in [-0.25, -0.2) is 14.4 Å². The number of nitrogens with zero attached hydrogens (tertiary/aromatic N) is 2. The van der Waals surface area contributed by atoms with Crippen molar-refractivity contribution in [2.45, 2.75) is 0 Å². The molecule has 0 saturated heterocycles. The molecule has 6 heteroatoms. The average Bonchev–Trinajstić information content (AvgIpc) is 2.85. The van der Waals surface area contributed by atoms with Gasteiger partial charge in [0.25, 0.3) is 0 Å². The van der Waals surface area contributed by atoms with Crippen molar-refractivity contribution in [2.75, 3.05) is 11.5 Å².